The number of rotatable bonds is 13. The van der Waals surface area contributed by atoms with Gasteiger partial charge in [-0.3, -0.25) is 14.1 Å². The van der Waals surface area contributed by atoms with Crippen LogP contribution in [0.1, 0.15) is 49.0 Å². The molecule has 11 heteroatoms. The van der Waals surface area contributed by atoms with Crippen LogP contribution in [0.2, 0.25) is 0 Å². The van der Waals surface area contributed by atoms with Gasteiger partial charge in [-0.1, -0.05) is 75.3 Å². The van der Waals surface area contributed by atoms with Crippen LogP contribution in [0.4, 0.5) is 9.18 Å². The van der Waals surface area contributed by atoms with Crippen LogP contribution in [0.25, 0.3) is 11.4 Å². The lowest BCUT2D eigenvalue weighted by Crippen LogP contribution is -2.53. The summed E-state index contributed by atoms with van der Waals surface area (Å²) in [5, 5.41) is 9.06. The first-order valence-corrected chi connectivity index (χ1v) is 13.2. The standard InChI is InChI=1S/C29H35FN4O6.2H2/c1-18(2)13-23(25(35)16-34-26(33-40-29(34)38)21-11-8-12-22(30)15-21)31-27(36)24(14-19(3)4)32-28(37)39-17-20-9-6-5-7-10-20;;/h5-12,15,18-19,23-24H,13-14,16-17H2,1-4H3,(H,31,36)(H,32,37);2*1H/t23-,24-;;/m0../s1. The highest BCUT2D eigenvalue weighted by molar-refractivity contribution is 5.92. The van der Waals surface area contributed by atoms with Gasteiger partial charge in [0.05, 0.1) is 12.6 Å². The van der Waals surface area contributed by atoms with E-state index < -0.39 is 48.0 Å². The average Bonchev–Trinajstić information content (AvgIpc) is 3.26. The molecule has 0 spiro atoms. The lowest BCUT2D eigenvalue weighted by molar-refractivity contribution is -0.129. The number of benzene rings is 2. The molecule has 2 amide bonds. The first-order chi connectivity index (χ1) is 19.0. The van der Waals surface area contributed by atoms with Gasteiger partial charge in [-0.2, -0.15) is 0 Å². The summed E-state index contributed by atoms with van der Waals surface area (Å²) in [6.45, 7) is 7.17. The van der Waals surface area contributed by atoms with Crippen LogP contribution in [0.15, 0.2) is 63.9 Å². The van der Waals surface area contributed by atoms with Crippen LogP contribution in [0, 0.1) is 17.7 Å². The van der Waals surface area contributed by atoms with Crippen molar-refractivity contribution in [1.82, 2.24) is 20.4 Å². The maximum atomic E-state index is 13.8. The van der Waals surface area contributed by atoms with Crippen LogP contribution in [0.3, 0.4) is 0 Å². The van der Waals surface area contributed by atoms with E-state index in [1.54, 1.807) is 0 Å². The Kier molecular flexibility index (Phi) is 10.7. The van der Waals surface area contributed by atoms with E-state index in [2.05, 4.69) is 15.8 Å². The second kappa shape index (κ2) is 14.2. The molecule has 10 nitrogen and oxygen atoms in total. The fourth-order valence-electron chi connectivity index (χ4n) is 4.13. The van der Waals surface area contributed by atoms with Gasteiger partial charge in [0, 0.05) is 8.42 Å². The first kappa shape index (κ1) is 30.3. The van der Waals surface area contributed by atoms with E-state index in [0.29, 0.717) is 6.42 Å². The molecule has 218 valence electrons. The van der Waals surface area contributed by atoms with Gasteiger partial charge in [0.1, 0.15) is 18.5 Å². The predicted octanol–water partition coefficient (Wildman–Crippen LogP) is 4.58. The van der Waals surface area contributed by atoms with Crippen molar-refractivity contribution in [3.8, 4) is 11.4 Å². The molecule has 3 aromatic rings. The zero-order chi connectivity index (χ0) is 29.2. The molecule has 0 aliphatic rings. The average molecular weight is 559 g/mol. The van der Waals surface area contributed by atoms with Gasteiger partial charge < -0.3 is 15.4 Å². The summed E-state index contributed by atoms with van der Waals surface area (Å²) >= 11 is 0. The molecule has 0 saturated carbocycles. The summed E-state index contributed by atoms with van der Waals surface area (Å²) < 4.78 is 24.8. The smallest absolute Gasteiger partial charge is 0.442 e. The molecular formula is C29H39FN4O6. The summed E-state index contributed by atoms with van der Waals surface area (Å²) in [6.07, 6.45) is -0.164. The van der Waals surface area contributed by atoms with Crippen LogP contribution in [-0.4, -0.2) is 39.6 Å². The van der Waals surface area contributed by atoms with E-state index >= 15 is 0 Å². The van der Waals surface area contributed by atoms with Crippen molar-refractivity contribution in [2.75, 3.05) is 0 Å². The Morgan fingerprint density at radius 2 is 1.65 bits per heavy atom. The molecule has 0 radical (unpaired) electrons. The summed E-state index contributed by atoms with van der Waals surface area (Å²) in [6, 6.07) is 12.6. The molecule has 0 saturated heterocycles. The number of nitrogens with one attached hydrogen (secondary N) is 2. The molecule has 40 heavy (non-hydrogen) atoms. The SMILES string of the molecule is CC(C)C[C@H](NC(=O)[C@H](CC(C)C)NC(=O)OCc1ccccc1)C(=O)Cn1c(-c2cccc(F)c2)noc1=O.[HH].[HH]. The number of aromatic nitrogens is 2. The Morgan fingerprint density at radius 1 is 0.975 bits per heavy atom. The van der Waals surface area contributed by atoms with Crippen LogP contribution in [-0.2, 0) is 27.5 Å². The molecule has 1 aromatic heterocycles. The number of ketones is 1. The molecule has 0 aliphatic carbocycles. The molecule has 0 fully saturated rings. The van der Waals surface area contributed by atoms with E-state index in [-0.39, 0.29) is 39.1 Å². The maximum absolute atomic E-state index is 13.8. The number of carbonyl (C=O) groups excluding carboxylic acids is 3. The summed E-state index contributed by atoms with van der Waals surface area (Å²) in [5.41, 5.74) is 1.06. The number of amides is 2. The number of carbonyl (C=O) groups is 3. The fourth-order valence-corrected chi connectivity index (χ4v) is 4.13. The van der Waals surface area contributed by atoms with Crippen LogP contribution in [0.5, 0.6) is 0 Å². The Bertz CT molecular complexity index is 1360. The Morgan fingerprint density at radius 3 is 2.30 bits per heavy atom. The molecule has 1 heterocycles. The van der Waals surface area contributed by atoms with Gasteiger partial charge in [-0.05, 0) is 42.4 Å². The predicted molar refractivity (Wildman–Crippen MR) is 150 cm³/mol. The third-order valence-electron chi connectivity index (χ3n) is 6.02. The van der Waals surface area contributed by atoms with Crippen molar-refractivity contribution < 1.29 is 30.9 Å². The minimum Gasteiger partial charge on any atom is -0.445 e. The second-order valence-corrected chi connectivity index (χ2v) is 10.4. The Labute approximate surface area is 234 Å². The topological polar surface area (TPSA) is 133 Å². The zero-order valence-corrected chi connectivity index (χ0v) is 23.1. The highest BCUT2D eigenvalue weighted by Crippen LogP contribution is 2.18. The number of hydrogen-bond donors (Lipinski definition) is 2. The molecule has 2 atom stereocenters. The van der Waals surface area contributed by atoms with Crippen molar-refractivity contribution in [3.05, 3.63) is 76.5 Å². The number of nitrogens with zero attached hydrogens (tertiary/aromatic N) is 2. The minimum atomic E-state index is -0.966. The monoisotopic (exact) mass is 558 g/mol. The number of hydrogen-bond acceptors (Lipinski definition) is 7. The lowest BCUT2D eigenvalue weighted by Gasteiger charge is -2.25. The van der Waals surface area contributed by atoms with Gasteiger partial charge in [-0.15, -0.1) is 0 Å². The molecule has 2 aromatic carbocycles. The van der Waals surface area contributed by atoms with E-state index in [1.165, 1.54) is 24.3 Å². The third-order valence-corrected chi connectivity index (χ3v) is 6.02. The summed E-state index contributed by atoms with van der Waals surface area (Å²) in [7, 11) is 0. The summed E-state index contributed by atoms with van der Waals surface area (Å²) in [5.74, 6) is -2.39. The van der Waals surface area contributed by atoms with Crippen molar-refractivity contribution in [2.45, 2.75) is 65.8 Å². The molecule has 2 N–H and O–H groups in total. The quantitative estimate of drug-likeness (QED) is 0.314. The number of alkyl carbamates (subject to hydrolysis) is 1. The maximum Gasteiger partial charge on any atom is 0.442 e. The Hall–Kier alpha value is -4.28. The van der Waals surface area contributed by atoms with Gasteiger partial charge in [-0.25, -0.2) is 18.5 Å². The van der Waals surface area contributed by atoms with Gasteiger partial charge in [0.15, 0.2) is 11.6 Å². The number of Topliss-reactive ketones (excluding diaryl/α,β-unsaturated/α-hetero) is 1. The summed E-state index contributed by atoms with van der Waals surface area (Å²) in [4.78, 5) is 51.5. The van der Waals surface area contributed by atoms with Crippen molar-refractivity contribution in [2.24, 2.45) is 11.8 Å². The molecule has 0 aliphatic heterocycles. The lowest BCUT2D eigenvalue weighted by atomic mass is 9.98. The minimum absolute atomic E-state index is 0. The second-order valence-electron chi connectivity index (χ2n) is 10.4. The van der Waals surface area contributed by atoms with Gasteiger partial charge >= 0.3 is 11.8 Å². The van der Waals surface area contributed by atoms with E-state index in [0.717, 1.165) is 10.1 Å². The van der Waals surface area contributed by atoms with Crippen LogP contribution >= 0.6 is 0 Å². The van der Waals surface area contributed by atoms with E-state index in [4.69, 9.17) is 9.26 Å². The molecule has 3 rings (SSSR count). The number of ether oxygens (including phenoxy) is 1. The van der Waals surface area contributed by atoms with Crippen molar-refractivity contribution in [3.63, 3.8) is 0 Å². The van der Waals surface area contributed by atoms with Gasteiger partial charge in [0.2, 0.25) is 5.91 Å². The van der Waals surface area contributed by atoms with Crippen molar-refractivity contribution in [1.29, 1.82) is 0 Å². The molecule has 0 unspecified atom stereocenters. The molecule has 0 bridgehead atoms. The van der Waals surface area contributed by atoms with Gasteiger partial charge in [0.25, 0.3) is 0 Å². The Balaban J connectivity index is 0.00000441. The largest absolute Gasteiger partial charge is 0.445 e. The highest BCUT2D eigenvalue weighted by atomic mass is 19.1. The third kappa shape index (κ3) is 8.89. The first-order valence-electron chi connectivity index (χ1n) is 13.2. The fraction of sp³-hybridized carbons (Fsp3) is 0.414. The normalized spacial score (nSPS) is 12.7. The van der Waals surface area contributed by atoms with Crippen LogP contribution < -0.4 is 16.4 Å². The van der Waals surface area contributed by atoms with E-state index in [1.807, 2.05) is 58.0 Å². The number of halogens is 1. The zero-order valence-electron chi connectivity index (χ0n) is 23.1. The highest BCUT2D eigenvalue weighted by Gasteiger charge is 2.29. The molecular weight excluding hydrogens is 519 g/mol. The van der Waals surface area contributed by atoms with Crippen molar-refractivity contribution >= 4 is 17.8 Å². The van der Waals surface area contributed by atoms with E-state index in [9.17, 15) is 23.6 Å².